The maximum atomic E-state index is 12.2. The van der Waals surface area contributed by atoms with Crippen molar-refractivity contribution in [3.63, 3.8) is 0 Å². The highest BCUT2D eigenvalue weighted by atomic mass is 16.4. The third kappa shape index (κ3) is 2.35. The molecule has 1 aromatic heterocycles. The molecule has 5 rings (SSSR count). The Labute approximate surface area is 168 Å². The Morgan fingerprint density at radius 1 is 1.04 bits per heavy atom. The van der Waals surface area contributed by atoms with Gasteiger partial charge in [-0.2, -0.15) is 0 Å². The van der Waals surface area contributed by atoms with Crippen LogP contribution in [0.1, 0.15) is 83.6 Å². The molecule has 0 aromatic carbocycles. The lowest BCUT2D eigenvalue weighted by molar-refractivity contribution is -0.177. The molecule has 4 aliphatic carbocycles. The van der Waals surface area contributed by atoms with E-state index in [2.05, 4.69) is 26.8 Å². The summed E-state index contributed by atoms with van der Waals surface area (Å²) in [6.45, 7) is 7.15. The van der Waals surface area contributed by atoms with Crippen molar-refractivity contribution in [1.82, 2.24) is 0 Å². The van der Waals surface area contributed by atoms with Gasteiger partial charge in [-0.05, 0) is 92.1 Å². The van der Waals surface area contributed by atoms with E-state index in [-0.39, 0.29) is 22.4 Å². The van der Waals surface area contributed by atoms with E-state index in [9.17, 15) is 9.90 Å². The molecule has 0 unspecified atom stereocenters. The number of hydrogen-bond acceptors (Lipinski definition) is 3. The van der Waals surface area contributed by atoms with Crippen molar-refractivity contribution in [2.45, 2.75) is 83.7 Å². The second-order valence-corrected chi connectivity index (χ2v) is 10.7. The molecule has 3 saturated carbocycles. The minimum atomic E-state index is -0.603. The van der Waals surface area contributed by atoms with Gasteiger partial charge in [0.1, 0.15) is 0 Å². The first-order chi connectivity index (χ1) is 13.3. The molecule has 3 fully saturated rings. The van der Waals surface area contributed by atoms with Gasteiger partial charge in [-0.15, -0.1) is 0 Å². The summed E-state index contributed by atoms with van der Waals surface area (Å²) in [5, 5.41) is 12.2. The monoisotopic (exact) mass is 382 g/mol. The molecule has 4 aliphatic rings. The Kier molecular flexibility index (Phi) is 4.05. The Morgan fingerprint density at radius 2 is 1.86 bits per heavy atom. The molecule has 7 atom stereocenters. The van der Waals surface area contributed by atoms with Crippen LogP contribution in [-0.4, -0.2) is 10.7 Å². The first-order valence-corrected chi connectivity index (χ1v) is 11.3. The highest BCUT2D eigenvalue weighted by Gasteiger charge is 2.66. The fraction of sp³-hybridized carbons (Fsp3) is 0.720. The molecule has 0 radical (unpaired) electrons. The van der Waals surface area contributed by atoms with E-state index in [1.807, 2.05) is 6.07 Å². The van der Waals surface area contributed by atoms with E-state index in [0.717, 1.165) is 37.7 Å². The van der Waals surface area contributed by atoms with Crippen LogP contribution in [0.25, 0.3) is 0 Å². The highest BCUT2D eigenvalue weighted by Crippen LogP contribution is 2.70. The lowest BCUT2D eigenvalue weighted by Gasteiger charge is -2.62. The summed E-state index contributed by atoms with van der Waals surface area (Å²) in [7, 11) is 0. The maximum absolute atomic E-state index is 12.2. The van der Waals surface area contributed by atoms with Gasteiger partial charge >= 0.3 is 5.63 Å². The van der Waals surface area contributed by atoms with E-state index in [1.165, 1.54) is 25.3 Å². The zero-order chi connectivity index (χ0) is 19.7. The van der Waals surface area contributed by atoms with Crippen LogP contribution in [0.4, 0.5) is 0 Å². The molecule has 152 valence electrons. The predicted molar refractivity (Wildman–Crippen MR) is 110 cm³/mol. The molecule has 0 aliphatic heterocycles. The largest absolute Gasteiger partial charge is 0.431 e. The lowest BCUT2D eigenvalue weighted by Crippen LogP contribution is -2.60. The number of fused-ring (bicyclic) bond motifs is 5. The van der Waals surface area contributed by atoms with Gasteiger partial charge in [0.25, 0.3) is 0 Å². The van der Waals surface area contributed by atoms with E-state index in [0.29, 0.717) is 17.8 Å². The van der Waals surface area contributed by atoms with Crippen LogP contribution in [0.15, 0.2) is 39.3 Å². The highest BCUT2D eigenvalue weighted by molar-refractivity contribution is 5.30. The summed E-state index contributed by atoms with van der Waals surface area (Å²) >= 11 is 0. The second kappa shape index (κ2) is 6.08. The first kappa shape index (κ1) is 18.7. The molecule has 1 heterocycles. The average Bonchev–Trinajstić information content (AvgIpc) is 2.95. The fourth-order valence-corrected chi connectivity index (χ4v) is 7.97. The van der Waals surface area contributed by atoms with Gasteiger partial charge in [0, 0.05) is 11.5 Å². The van der Waals surface area contributed by atoms with Crippen LogP contribution in [-0.2, 0) is 0 Å². The van der Waals surface area contributed by atoms with Crippen molar-refractivity contribution < 1.29 is 9.52 Å². The van der Waals surface area contributed by atoms with E-state index in [4.69, 9.17) is 4.42 Å². The Morgan fingerprint density at radius 3 is 2.61 bits per heavy atom. The van der Waals surface area contributed by atoms with E-state index >= 15 is 0 Å². The summed E-state index contributed by atoms with van der Waals surface area (Å²) in [6, 6.07) is 3.45. The molecule has 0 spiro atoms. The first-order valence-electron chi connectivity index (χ1n) is 11.3. The summed E-state index contributed by atoms with van der Waals surface area (Å²) < 4.78 is 5.19. The van der Waals surface area contributed by atoms with E-state index in [1.54, 1.807) is 11.8 Å². The van der Waals surface area contributed by atoms with Crippen molar-refractivity contribution in [1.29, 1.82) is 0 Å². The fourth-order valence-electron chi connectivity index (χ4n) is 7.97. The molecule has 0 amide bonds. The molecule has 0 bridgehead atoms. The molecular formula is C25H34O3. The molecule has 1 aromatic rings. The Bertz CT molecular complexity index is 848. The maximum Gasteiger partial charge on any atom is 0.335 e. The third-order valence-electron chi connectivity index (χ3n) is 9.65. The van der Waals surface area contributed by atoms with Crippen molar-refractivity contribution >= 4 is 0 Å². The van der Waals surface area contributed by atoms with Crippen molar-refractivity contribution in [3.8, 4) is 0 Å². The molecule has 28 heavy (non-hydrogen) atoms. The van der Waals surface area contributed by atoms with Crippen LogP contribution in [0.5, 0.6) is 0 Å². The van der Waals surface area contributed by atoms with Gasteiger partial charge in [-0.3, -0.25) is 0 Å². The van der Waals surface area contributed by atoms with Crippen molar-refractivity contribution in [2.75, 3.05) is 0 Å². The number of rotatable bonds is 1. The summed E-state index contributed by atoms with van der Waals surface area (Å²) in [5.41, 5.74) is 2.02. The smallest absolute Gasteiger partial charge is 0.335 e. The van der Waals surface area contributed by atoms with Gasteiger partial charge in [0.2, 0.25) is 0 Å². The molecule has 3 nitrogen and oxygen atoms in total. The van der Waals surface area contributed by atoms with Gasteiger partial charge in [0.15, 0.2) is 0 Å². The Hall–Kier alpha value is -1.35. The number of aliphatic hydroxyl groups is 1. The minimum Gasteiger partial charge on any atom is -0.431 e. The summed E-state index contributed by atoms with van der Waals surface area (Å²) in [4.78, 5) is 11.4. The quantitative estimate of drug-likeness (QED) is 0.658. The van der Waals surface area contributed by atoms with Crippen molar-refractivity contribution in [3.05, 3.63) is 46.0 Å². The predicted octanol–water partition coefficient (Wildman–Crippen LogP) is 5.44. The van der Waals surface area contributed by atoms with Crippen LogP contribution in [0, 0.1) is 28.6 Å². The molecular weight excluding hydrogens is 348 g/mol. The standard InChI is InChI=1S/C25H34O3/c1-16-8-11-23(2)18(14-16)5-6-21-20(23)9-12-24(3)19(10-13-25(21,24)27)17-4-7-22(26)28-15-17/h4,7,14-16,19-21,27H,5-6,8-13H2,1-3H3/t16-,19+,20-,21+,23-,24+,25-/m0/s1. The molecule has 1 N–H and O–H groups in total. The van der Waals surface area contributed by atoms with Crippen LogP contribution in [0.2, 0.25) is 0 Å². The number of allylic oxidation sites excluding steroid dienone is 2. The van der Waals surface area contributed by atoms with Crippen LogP contribution in [0.3, 0.4) is 0 Å². The average molecular weight is 383 g/mol. The number of hydrogen-bond donors (Lipinski definition) is 1. The van der Waals surface area contributed by atoms with Gasteiger partial charge in [-0.1, -0.05) is 32.4 Å². The van der Waals surface area contributed by atoms with E-state index < -0.39 is 5.60 Å². The molecule has 3 heteroatoms. The minimum absolute atomic E-state index is 0.131. The topological polar surface area (TPSA) is 50.4 Å². The molecule has 0 saturated heterocycles. The SMILES string of the molecule is C[C@@H]1C=C2CC[C@@H]3[C@H](CC[C@]4(C)[C@@H](c5ccc(=O)oc5)CC[C@]34O)[C@@]2(C)CC1. The van der Waals surface area contributed by atoms with Gasteiger partial charge in [-0.25, -0.2) is 4.79 Å². The third-order valence-corrected chi connectivity index (χ3v) is 9.65. The second-order valence-electron chi connectivity index (χ2n) is 10.7. The zero-order valence-corrected chi connectivity index (χ0v) is 17.5. The zero-order valence-electron chi connectivity index (χ0n) is 17.5. The normalized spacial score (nSPS) is 47.6. The van der Waals surface area contributed by atoms with Gasteiger partial charge in [0.05, 0.1) is 11.9 Å². The van der Waals surface area contributed by atoms with Crippen LogP contribution < -0.4 is 5.63 Å². The summed E-state index contributed by atoms with van der Waals surface area (Å²) in [6.07, 6.45) is 13.2. The van der Waals surface area contributed by atoms with Crippen LogP contribution >= 0.6 is 0 Å². The summed E-state index contributed by atoms with van der Waals surface area (Å²) in [5.74, 6) is 1.98. The lowest BCUT2D eigenvalue weighted by atomic mass is 9.45. The Balaban J connectivity index is 1.51. The van der Waals surface area contributed by atoms with Crippen molar-refractivity contribution in [2.24, 2.45) is 28.6 Å². The van der Waals surface area contributed by atoms with Gasteiger partial charge < -0.3 is 9.52 Å².